The van der Waals surface area contributed by atoms with Crippen molar-refractivity contribution in [3.05, 3.63) is 235 Å². The van der Waals surface area contributed by atoms with Crippen LogP contribution < -0.4 is 4.90 Å². The molecule has 1 aliphatic rings. The van der Waals surface area contributed by atoms with E-state index in [1.807, 2.05) is 0 Å². The Morgan fingerprint density at radius 3 is 1.32 bits per heavy atom. The van der Waals surface area contributed by atoms with Crippen molar-refractivity contribution < 1.29 is 0 Å². The minimum atomic E-state index is -0.102. The number of nitrogens with zero attached hydrogens (tertiary/aromatic N) is 1. The maximum Gasteiger partial charge on any atom is 0.0618 e. The van der Waals surface area contributed by atoms with Gasteiger partial charge in [-0.1, -0.05) is 232 Å². The van der Waals surface area contributed by atoms with Crippen molar-refractivity contribution in [1.29, 1.82) is 0 Å². The normalized spacial score (nSPS) is 12.5. The summed E-state index contributed by atoms with van der Waals surface area (Å²) in [6, 6.07) is 82.0. The van der Waals surface area contributed by atoms with E-state index in [4.69, 9.17) is 0 Å². The van der Waals surface area contributed by atoms with Crippen molar-refractivity contribution in [2.75, 3.05) is 4.90 Å². The van der Waals surface area contributed by atoms with Gasteiger partial charge in [0, 0.05) is 22.4 Å². The second-order valence-electron chi connectivity index (χ2n) is 22.7. The van der Waals surface area contributed by atoms with Crippen molar-refractivity contribution in [1.82, 2.24) is 0 Å². The summed E-state index contributed by atoms with van der Waals surface area (Å²) >= 11 is 0. The smallest absolute Gasteiger partial charge is 0.0618 e. The molecule has 0 saturated heterocycles. The number of rotatable bonds is 6. The van der Waals surface area contributed by atoms with E-state index >= 15 is 0 Å². The maximum atomic E-state index is 2.56. The van der Waals surface area contributed by atoms with E-state index in [9.17, 15) is 0 Å². The highest BCUT2D eigenvalue weighted by molar-refractivity contribution is 6.14. The molecule has 348 valence electrons. The highest BCUT2D eigenvalue weighted by atomic mass is 15.2. The van der Waals surface area contributed by atoms with Crippen LogP contribution in [0.4, 0.5) is 17.1 Å². The summed E-state index contributed by atoms with van der Waals surface area (Å²) in [7, 11) is 0. The standard InChI is InChI=1S/C70H63N/c1-68(2,3)54-39-53(40-55(43-54)69(4,5)6)59-30-21-28-51-38-52-42-64(66(51)59)60-29-19-20-31-65(60)71(67-62(49-26-17-12-18-27-49)44-56(45-63(52)67)70(7,8)9)57-35-32-46(33-36-57)50-34-37-58(47-22-13-10-14-23-47)61(41-50)48-24-15-11-16-25-48/h10-45H,1-9H3. The number of anilines is 3. The molecule has 0 atom stereocenters. The van der Waals surface area contributed by atoms with Gasteiger partial charge in [0.1, 0.15) is 0 Å². The predicted octanol–water partition coefficient (Wildman–Crippen LogP) is 20.2. The summed E-state index contributed by atoms with van der Waals surface area (Å²) in [5.74, 6) is 0. The van der Waals surface area contributed by atoms with Crippen LogP contribution in [0.15, 0.2) is 218 Å². The molecule has 1 nitrogen and oxygen atoms in total. The molecular weight excluding hydrogens is 855 g/mol. The molecule has 10 aromatic carbocycles. The molecule has 0 fully saturated rings. The Hall–Kier alpha value is -7.74. The van der Waals surface area contributed by atoms with Crippen molar-refractivity contribution >= 4 is 27.8 Å². The molecule has 1 heteroatoms. The molecule has 0 amide bonds. The molecular formula is C70H63N. The van der Waals surface area contributed by atoms with Gasteiger partial charge in [-0.25, -0.2) is 0 Å². The molecule has 2 bridgehead atoms. The fourth-order valence-electron chi connectivity index (χ4n) is 10.6. The summed E-state index contributed by atoms with van der Waals surface area (Å²) in [4.78, 5) is 2.56. The Morgan fingerprint density at radius 1 is 0.268 bits per heavy atom. The van der Waals surface area contributed by atoms with Gasteiger partial charge in [-0.05, 0) is 153 Å². The van der Waals surface area contributed by atoms with Gasteiger partial charge in [0.05, 0.1) is 11.4 Å². The number of para-hydroxylation sites is 1. The van der Waals surface area contributed by atoms with Gasteiger partial charge in [-0.15, -0.1) is 0 Å². The van der Waals surface area contributed by atoms with Crippen molar-refractivity contribution in [3.63, 3.8) is 0 Å². The molecule has 0 unspecified atom stereocenters. The molecule has 0 spiro atoms. The third kappa shape index (κ3) is 8.59. The summed E-state index contributed by atoms with van der Waals surface area (Å²) in [5.41, 5.74) is 24.3. The van der Waals surface area contributed by atoms with Crippen LogP contribution in [-0.2, 0) is 16.2 Å². The van der Waals surface area contributed by atoms with Gasteiger partial charge in [0.25, 0.3) is 0 Å². The monoisotopic (exact) mass is 917 g/mol. The third-order valence-electron chi connectivity index (χ3n) is 14.6. The molecule has 0 radical (unpaired) electrons. The van der Waals surface area contributed by atoms with Crippen molar-refractivity contribution in [3.8, 4) is 77.9 Å². The van der Waals surface area contributed by atoms with Crippen molar-refractivity contribution in [2.24, 2.45) is 0 Å². The van der Waals surface area contributed by atoms with E-state index in [-0.39, 0.29) is 16.2 Å². The molecule has 1 heterocycles. The average molecular weight is 918 g/mol. The number of hydrogen-bond donors (Lipinski definition) is 0. The Morgan fingerprint density at radius 2 is 0.732 bits per heavy atom. The van der Waals surface area contributed by atoms with Gasteiger partial charge in [0.2, 0.25) is 0 Å². The lowest BCUT2D eigenvalue weighted by atomic mass is 9.77. The van der Waals surface area contributed by atoms with E-state index in [0.717, 1.165) is 11.4 Å². The first kappa shape index (κ1) is 45.7. The first-order valence-corrected chi connectivity index (χ1v) is 25.3. The summed E-state index contributed by atoms with van der Waals surface area (Å²) in [6.45, 7) is 21.0. The SMILES string of the molecule is CC(C)(C)c1cc(-c2cccc3cc4cc(c23)-c2ccccc2N(c2ccc(-c3ccc(-c5ccccc5)c(-c5ccccc5)c3)cc2)c2c(-c3ccccc3)cc(C(C)(C)C)cc2-4)cc(C(C)(C)C)c1. The molecule has 11 rings (SSSR count). The fourth-order valence-corrected chi connectivity index (χ4v) is 10.6. The number of hydrogen-bond acceptors (Lipinski definition) is 1. The molecule has 10 aromatic rings. The Bertz CT molecular complexity index is 3560. The van der Waals surface area contributed by atoms with Crippen LogP contribution >= 0.6 is 0 Å². The third-order valence-corrected chi connectivity index (χ3v) is 14.6. The van der Waals surface area contributed by atoms with Crippen LogP contribution in [-0.4, -0.2) is 0 Å². The van der Waals surface area contributed by atoms with E-state index in [0.29, 0.717) is 0 Å². The number of fused-ring (bicyclic) bond motifs is 8. The van der Waals surface area contributed by atoms with E-state index in [1.165, 1.54) is 111 Å². The van der Waals surface area contributed by atoms with Crippen LogP contribution in [0.2, 0.25) is 0 Å². The Labute approximate surface area is 422 Å². The zero-order valence-electron chi connectivity index (χ0n) is 42.7. The minimum absolute atomic E-state index is 0.0131. The quantitative estimate of drug-likeness (QED) is 0.161. The highest BCUT2D eigenvalue weighted by Gasteiger charge is 2.31. The lowest BCUT2D eigenvalue weighted by Crippen LogP contribution is -2.17. The Kier molecular flexibility index (Phi) is 11.3. The van der Waals surface area contributed by atoms with Crippen LogP contribution in [0.5, 0.6) is 0 Å². The van der Waals surface area contributed by atoms with Gasteiger partial charge < -0.3 is 4.90 Å². The lowest BCUT2D eigenvalue weighted by molar-refractivity contribution is 0.569. The topological polar surface area (TPSA) is 3.24 Å². The lowest BCUT2D eigenvalue weighted by Gasteiger charge is -2.35. The Balaban J connectivity index is 1.17. The molecule has 0 aromatic heterocycles. The molecule has 71 heavy (non-hydrogen) atoms. The summed E-state index contributed by atoms with van der Waals surface area (Å²) in [6.07, 6.45) is 0. The van der Waals surface area contributed by atoms with E-state index in [2.05, 4.69) is 286 Å². The van der Waals surface area contributed by atoms with Crippen LogP contribution in [0, 0.1) is 0 Å². The second-order valence-corrected chi connectivity index (χ2v) is 22.7. The minimum Gasteiger partial charge on any atom is -0.309 e. The largest absolute Gasteiger partial charge is 0.309 e. The average Bonchev–Trinajstić information content (AvgIpc) is 3.38. The molecule has 0 aliphatic carbocycles. The van der Waals surface area contributed by atoms with Gasteiger partial charge in [-0.3, -0.25) is 0 Å². The summed E-state index contributed by atoms with van der Waals surface area (Å²) < 4.78 is 0. The van der Waals surface area contributed by atoms with Crippen molar-refractivity contribution in [2.45, 2.75) is 78.6 Å². The van der Waals surface area contributed by atoms with Gasteiger partial charge in [-0.2, -0.15) is 0 Å². The van der Waals surface area contributed by atoms with Crippen LogP contribution in [0.1, 0.15) is 79.0 Å². The summed E-state index contributed by atoms with van der Waals surface area (Å²) in [5, 5.41) is 2.51. The van der Waals surface area contributed by atoms with E-state index < -0.39 is 0 Å². The van der Waals surface area contributed by atoms with Gasteiger partial charge in [0.15, 0.2) is 0 Å². The number of benzene rings is 10. The first-order valence-electron chi connectivity index (χ1n) is 25.3. The predicted molar refractivity (Wildman–Crippen MR) is 306 cm³/mol. The van der Waals surface area contributed by atoms with Gasteiger partial charge >= 0.3 is 0 Å². The molecule has 0 saturated carbocycles. The molecule has 0 N–H and O–H groups in total. The zero-order chi connectivity index (χ0) is 49.2. The van der Waals surface area contributed by atoms with Crippen LogP contribution in [0.3, 0.4) is 0 Å². The highest BCUT2D eigenvalue weighted by Crippen LogP contribution is 2.55. The van der Waals surface area contributed by atoms with Crippen LogP contribution in [0.25, 0.3) is 88.7 Å². The zero-order valence-corrected chi connectivity index (χ0v) is 42.7. The molecule has 1 aliphatic heterocycles. The first-order chi connectivity index (χ1) is 34.1. The van der Waals surface area contributed by atoms with E-state index in [1.54, 1.807) is 0 Å². The maximum absolute atomic E-state index is 2.56. The fraction of sp³-hybridized carbons (Fsp3) is 0.171. The second kappa shape index (κ2) is 17.6.